The molecule has 1 nitrogen and oxygen atoms in total. The minimum absolute atomic E-state index is 0. The molecule has 81 valence electrons. The van der Waals surface area contributed by atoms with Crippen molar-refractivity contribution in [3.8, 4) is 0 Å². The fourth-order valence-electron chi connectivity index (χ4n) is 2.05. The van der Waals surface area contributed by atoms with Crippen molar-refractivity contribution in [3.63, 3.8) is 0 Å². The first-order valence-corrected chi connectivity index (χ1v) is 5.53. The van der Waals surface area contributed by atoms with E-state index < -0.39 is 0 Å². The molecule has 0 aliphatic rings. The van der Waals surface area contributed by atoms with Gasteiger partial charge in [-0.1, -0.05) is 26.7 Å². The molecule has 0 aromatic carbocycles. The summed E-state index contributed by atoms with van der Waals surface area (Å²) in [5, 5.41) is 0. The Kier molecular flexibility index (Phi) is 10.0. The van der Waals surface area contributed by atoms with E-state index in [-0.39, 0.29) is 62.6 Å². The normalized spacial score (nSPS) is 12.4. The van der Waals surface area contributed by atoms with Gasteiger partial charge in [0.05, 0.1) is 11.2 Å². The molecule has 0 atom stereocenters. The fraction of sp³-hybridized carbons (Fsp3) is 1.00. The maximum Gasteiger partial charge on any atom is 0.0633 e. The molecular weight excluding hydrogens is 199 g/mol. The van der Waals surface area contributed by atoms with Crippen LogP contribution in [-0.2, 0) is 4.74 Å². The molecule has 0 saturated carbocycles. The van der Waals surface area contributed by atoms with Gasteiger partial charge < -0.3 is 4.74 Å². The Morgan fingerprint density at radius 2 is 1.07 bits per heavy atom. The summed E-state index contributed by atoms with van der Waals surface area (Å²) in [6.07, 6.45) is 4.66. The molecule has 0 amide bonds. The summed E-state index contributed by atoms with van der Waals surface area (Å²) in [5.74, 6) is 0. The van der Waals surface area contributed by atoms with Crippen LogP contribution in [0.1, 0.15) is 67.2 Å². The predicted octanol–water partition coefficient (Wildman–Crippen LogP) is 3.78. The van der Waals surface area contributed by atoms with E-state index >= 15 is 0 Å². The van der Waals surface area contributed by atoms with E-state index in [2.05, 4.69) is 41.5 Å². The van der Waals surface area contributed by atoms with Crippen molar-refractivity contribution < 1.29 is 4.74 Å². The quantitative estimate of drug-likeness (QED) is 0.625. The van der Waals surface area contributed by atoms with Crippen LogP contribution in [0.15, 0.2) is 0 Å². The van der Waals surface area contributed by atoms with E-state index in [1.165, 1.54) is 12.8 Å². The SMILES string of the molecule is CCCC(C)(C)OC(C)(C)CCC.[K]. The second-order valence-corrected chi connectivity index (χ2v) is 5.12. The Bertz CT molecular complexity index is 125. The van der Waals surface area contributed by atoms with Gasteiger partial charge in [0.2, 0.25) is 0 Å². The molecule has 14 heavy (non-hydrogen) atoms. The van der Waals surface area contributed by atoms with E-state index in [1.54, 1.807) is 0 Å². The third kappa shape index (κ3) is 8.87. The standard InChI is InChI=1S/C12H26O.K/c1-7-9-11(3,4)13-12(5,6)10-8-2;/h7-10H2,1-6H3;. The topological polar surface area (TPSA) is 9.23 Å². The van der Waals surface area contributed by atoms with Crippen molar-refractivity contribution in [2.45, 2.75) is 78.4 Å². The van der Waals surface area contributed by atoms with Crippen LogP contribution < -0.4 is 0 Å². The van der Waals surface area contributed by atoms with Crippen molar-refractivity contribution in [2.75, 3.05) is 0 Å². The maximum absolute atomic E-state index is 6.11. The van der Waals surface area contributed by atoms with Crippen molar-refractivity contribution in [3.05, 3.63) is 0 Å². The Balaban J connectivity index is 0. The molecule has 0 unspecified atom stereocenters. The number of hydrogen-bond donors (Lipinski definition) is 0. The first-order valence-electron chi connectivity index (χ1n) is 5.53. The third-order valence-corrected chi connectivity index (χ3v) is 2.26. The number of rotatable bonds is 6. The average Bonchev–Trinajstić information content (AvgIpc) is 1.82. The van der Waals surface area contributed by atoms with Gasteiger partial charge in [0, 0.05) is 51.4 Å². The summed E-state index contributed by atoms with van der Waals surface area (Å²) in [4.78, 5) is 0. The molecule has 0 aromatic rings. The molecule has 0 aliphatic carbocycles. The zero-order chi connectivity index (χ0) is 10.5. The van der Waals surface area contributed by atoms with Crippen LogP contribution >= 0.6 is 0 Å². The van der Waals surface area contributed by atoms with E-state index in [0.29, 0.717) is 0 Å². The van der Waals surface area contributed by atoms with Gasteiger partial charge in [0.15, 0.2) is 0 Å². The van der Waals surface area contributed by atoms with E-state index in [0.717, 1.165) is 12.8 Å². The number of ether oxygens (including phenoxy) is 1. The van der Waals surface area contributed by atoms with E-state index in [1.807, 2.05) is 0 Å². The van der Waals surface area contributed by atoms with Crippen LogP contribution in [0, 0.1) is 0 Å². The number of hydrogen-bond acceptors (Lipinski definition) is 1. The Morgan fingerprint density at radius 3 is 1.29 bits per heavy atom. The van der Waals surface area contributed by atoms with Crippen molar-refractivity contribution in [1.82, 2.24) is 0 Å². The molecule has 0 spiro atoms. The first kappa shape index (κ1) is 18.0. The van der Waals surface area contributed by atoms with Gasteiger partial charge in [-0.25, -0.2) is 0 Å². The summed E-state index contributed by atoms with van der Waals surface area (Å²) >= 11 is 0. The van der Waals surface area contributed by atoms with Gasteiger partial charge in [-0.3, -0.25) is 0 Å². The zero-order valence-electron chi connectivity index (χ0n) is 11.2. The van der Waals surface area contributed by atoms with Crippen LogP contribution in [0.2, 0.25) is 0 Å². The maximum atomic E-state index is 6.11. The van der Waals surface area contributed by atoms with Gasteiger partial charge in [0.25, 0.3) is 0 Å². The van der Waals surface area contributed by atoms with Gasteiger partial charge in [-0.05, 0) is 40.5 Å². The first-order chi connectivity index (χ1) is 5.83. The molecule has 0 rings (SSSR count). The summed E-state index contributed by atoms with van der Waals surface area (Å²) in [5.41, 5.74) is 0.0703. The summed E-state index contributed by atoms with van der Waals surface area (Å²) in [7, 11) is 0. The minimum Gasteiger partial charge on any atom is -0.370 e. The molecule has 0 aromatic heterocycles. The van der Waals surface area contributed by atoms with Crippen LogP contribution in [-0.4, -0.2) is 62.6 Å². The van der Waals surface area contributed by atoms with Crippen LogP contribution in [0.5, 0.6) is 0 Å². The van der Waals surface area contributed by atoms with Crippen molar-refractivity contribution >= 4 is 51.4 Å². The average molecular weight is 225 g/mol. The minimum atomic E-state index is 0. The van der Waals surface area contributed by atoms with E-state index in [9.17, 15) is 0 Å². The van der Waals surface area contributed by atoms with Gasteiger partial charge >= 0.3 is 0 Å². The van der Waals surface area contributed by atoms with Gasteiger partial charge in [-0.2, -0.15) is 0 Å². The molecule has 0 N–H and O–H groups in total. The fourth-order valence-corrected chi connectivity index (χ4v) is 2.05. The Hall–Kier alpha value is 1.60. The molecule has 0 saturated heterocycles. The van der Waals surface area contributed by atoms with Gasteiger partial charge in [0.1, 0.15) is 0 Å². The molecule has 0 heterocycles. The largest absolute Gasteiger partial charge is 0.370 e. The predicted molar refractivity (Wildman–Crippen MR) is 64.8 cm³/mol. The second kappa shape index (κ2) is 7.80. The van der Waals surface area contributed by atoms with Crippen molar-refractivity contribution in [2.24, 2.45) is 0 Å². The van der Waals surface area contributed by atoms with Crippen LogP contribution in [0.4, 0.5) is 0 Å². The third-order valence-electron chi connectivity index (χ3n) is 2.26. The molecular formula is C12H26KO. The molecule has 0 bridgehead atoms. The molecule has 0 fully saturated rings. The summed E-state index contributed by atoms with van der Waals surface area (Å²) in [6.45, 7) is 13.2. The monoisotopic (exact) mass is 225 g/mol. The van der Waals surface area contributed by atoms with Crippen LogP contribution in [0.3, 0.4) is 0 Å². The second-order valence-electron chi connectivity index (χ2n) is 5.12. The smallest absolute Gasteiger partial charge is 0.0633 e. The van der Waals surface area contributed by atoms with Crippen LogP contribution in [0.25, 0.3) is 0 Å². The molecule has 1 radical (unpaired) electrons. The Labute approximate surface area is 133 Å². The molecule has 0 aliphatic heterocycles. The summed E-state index contributed by atoms with van der Waals surface area (Å²) < 4.78 is 6.11. The molecule has 2 heteroatoms. The summed E-state index contributed by atoms with van der Waals surface area (Å²) in [6, 6.07) is 0. The van der Waals surface area contributed by atoms with Crippen molar-refractivity contribution in [1.29, 1.82) is 0 Å². The Morgan fingerprint density at radius 1 is 0.786 bits per heavy atom. The van der Waals surface area contributed by atoms with Gasteiger partial charge in [-0.15, -0.1) is 0 Å². The van der Waals surface area contributed by atoms with E-state index in [4.69, 9.17) is 4.74 Å². The zero-order valence-corrected chi connectivity index (χ0v) is 14.4.